The number of para-hydroxylation sites is 1. The summed E-state index contributed by atoms with van der Waals surface area (Å²) in [6.07, 6.45) is 2.01. The lowest BCUT2D eigenvalue weighted by atomic mass is 10.3. The molecular formula is C18H20N2O2. The van der Waals surface area contributed by atoms with E-state index in [-0.39, 0.29) is 6.03 Å². The van der Waals surface area contributed by atoms with Crippen molar-refractivity contribution in [2.75, 3.05) is 17.2 Å². The van der Waals surface area contributed by atoms with E-state index >= 15 is 0 Å². The Morgan fingerprint density at radius 2 is 1.55 bits per heavy atom. The quantitative estimate of drug-likeness (QED) is 0.787. The van der Waals surface area contributed by atoms with Crippen LogP contribution in [0.4, 0.5) is 16.2 Å². The lowest BCUT2D eigenvalue weighted by Gasteiger charge is -2.08. The van der Waals surface area contributed by atoms with E-state index in [2.05, 4.69) is 10.6 Å². The molecule has 0 saturated heterocycles. The second-order valence-corrected chi connectivity index (χ2v) is 5.06. The van der Waals surface area contributed by atoms with Gasteiger partial charge in [0.25, 0.3) is 0 Å². The lowest BCUT2D eigenvalue weighted by molar-refractivity contribution is 0.262. The smallest absolute Gasteiger partial charge is 0.323 e. The van der Waals surface area contributed by atoms with Crippen LogP contribution < -0.4 is 15.4 Å². The molecule has 0 radical (unpaired) electrons. The molecule has 0 spiro atoms. The average molecular weight is 296 g/mol. The maximum Gasteiger partial charge on any atom is 0.323 e. The molecular weight excluding hydrogens is 276 g/mol. The molecule has 0 atom stereocenters. The fraction of sp³-hybridized carbons (Fsp3) is 0.167. The average Bonchev–Trinajstić information content (AvgIpc) is 2.49. The molecule has 0 bridgehead atoms. The highest BCUT2D eigenvalue weighted by atomic mass is 16.5. The van der Waals surface area contributed by atoms with E-state index in [1.807, 2.05) is 74.5 Å². The molecule has 0 aliphatic heterocycles. The molecule has 0 aliphatic carbocycles. The molecule has 4 heteroatoms. The van der Waals surface area contributed by atoms with Crippen molar-refractivity contribution in [3.63, 3.8) is 0 Å². The summed E-state index contributed by atoms with van der Waals surface area (Å²) in [6.45, 7) is 4.60. The molecule has 0 aromatic heterocycles. The summed E-state index contributed by atoms with van der Waals surface area (Å²) >= 11 is 0. The van der Waals surface area contributed by atoms with Gasteiger partial charge >= 0.3 is 6.03 Å². The van der Waals surface area contributed by atoms with Crippen LogP contribution >= 0.6 is 0 Å². The number of nitrogens with one attached hydrogen (secondary N) is 2. The predicted molar refractivity (Wildman–Crippen MR) is 90.5 cm³/mol. The van der Waals surface area contributed by atoms with Crippen LogP contribution in [0.2, 0.25) is 0 Å². The molecule has 0 saturated carbocycles. The number of carbonyl (C=O) groups is 1. The van der Waals surface area contributed by atoms with Gasteiger partial charge in [-0.05, 0) is 56.3 Å². The van der Waals surface area contributed by atoms with E-state index in [9.17, 15) is 4.79 Å². The minimum absolute atomic E-state index is 0.274. The number of hydrogen-bond donors (Lipinski definition) is 2. The van der Waals surface area contributed by atoms with Crippen LogP contribution in [0.3, 0.4) is 0 Å². The molecule has 2 aromatic rings. The zero-order valence-electron chi connectivity index (χ0n) is 12.8. The number of benzene rings is 2. The molecule has 0 aliphatic rings. The van der Waals surface area contributed by atoms with E-state index in [0.717, 1.165) is 11.4 Å². The number of urea groups is 1. The van der Waals surface area contributed by atoms with Gasteiger partial charge in [0.05, 0.1) is 0 Å². The minimum Gasteiger partial charge on any atom is -0.490 e. The Hall–Kier alpha value is -2.75. The Bertz CT molecular complexity index is 630. The Morgan fingerprint density at radius 1 is 0.955 bits per heavy atom. The summed E-state index contributed by atoms with van der Waals surface area (Å²) < 4.78 is 5.57. The van der Waals surface area contributed by atoms with Gasteiger partial charge in [0.15, 0.2) is 0 Å². The van der Waals surface area contributed by atoms with Crippen LogP contribution in [-0.2, 0) is 0 Å². The van der Waals surface area contributed by atoms with Crippen LogP contribution in [-0.4, -0.2) is 12.6 Å². The van der Waals surface area contributed by atoms with Gasteiger partial charge in [-0.25, -0.2) is 4.79 Å². The fourth-order valence-corrected chi connectivity index (χ4v) is 1.75. The largest absolute Gasteiger partial charge is 0.490 e. The van der Waals surface area contributed by atoms with Gasteiger partial charge in [0.1, 0.15) is 12.4 Å². The van der Waals surface area contributed by atoms with Gasteiger partial charge in [0, 0.05) is 11.4 Å². The maximum absolute atomic E-state index is 11.9. The highest BCUT2D eigenvalue weighted by Crippen LogP contribution is 2.16. The third kappa shape index (κ3) is 5.32. The van der Waals surface area contributed by atoms with Gasteiger partial charge in [-0.15, -0.1) is 0 Å². The van der Waals surface area contributed by atoms with Crippen LogP contribution in [0.5, 0.6) is 5.75 Å². The SMILES string of the molecule is CC(C)=CCOc1ccc(NC(=O)Nc2ccccc2)cc1. The summed E-state index contributed by atoms with van der Waals surface area (Å²) in [4.78, 5) is 11.9. The van der Waals surface area contributed by atoms with Gasteiger partial charge in [-0.2, -0.15) is 0 Å². The van der Waals surface area contributed by atoms with Crippen molar-refractivity contribution < 1.29 is 9.53 Å². The highest BCUT2D eigenvalue weighted by molar-refractivity contribution is 5.99. The lowest BCUT2D eigenvalue weighted by Crippen LogP contribution is -2.19. The summed E-state index contributed by atoms with van der Waals surface area (Å²) in [5.41, 5.74) is 2.68. The van der Waals surface area contributed by atoms with Crippen molar-refractivity contribution in [2.24, 2.45) is 0 Å². The van der Waals surface area contributed by atoms with Crippen molar-refractivity contribution >= 4 is 17.4 Å². The highest BCUT2D eigenvalue weighted by Gasteiger charge is 2.02. The molecule has 2 aromatic carbocycles. The summed E-state index contributed by atoms with van der Waals surface area (Å²) in [7, 11) is 0. The van der Waals surface area contributed by atoms with Gasteiger partial charge in [-0.3, -0.25) is 0 Å². The second-order valence-electron chi connectivity index (χ2n) is 5.06. The molecule has 2 rings (SSSR count). The van der Waals surface area contributed by atoms with Crippen LogP contribution in [0.25, 0.3) is 0 Å². The first-order valence-electron chi connectivity index (χ1n) is 7.13. The first-order valence-corrected chi connectivity index (χ1v) is 7.13. The van der Waals surface area contributed by atoms with E-state index < -0.39 is 0 Å². The summed E-state index contributed by atoms with van der Waals surface area (Å²) in [5, 5.41) is 5.54. The molecule has 0 fully saturated rings. The summed E-state index contributed by atoms with van der Waals surface area (Å²) in [5.74, 6) is 0.770. The molecule has 0 unspecified atom stereocenters. The zero-order chi connectivity index (χ0) is 15.8. The zero-order valence-corrected chi connectivity index (χ0v) is 12.8. The van der Waals surface area contributed by atoms with Crippen molar-refractivity contribution in [1.82, 2.24) is 0 Å². The van der Waals surface area contributed by atoms with Crippen LogP contribution in [0.15, 0.2) is 66.2 Å². The number of amides is 2. The summed E-state index contributed by atoms with van der Waals surface area (Å²) in [6, 6.07) is 16.3. The van der Waals surface area contributed by atoms with Crippen molar-refractivity contribution in [1.29, 1.82) is 0 Å². The Balaban J connectivity index is 1.85. The van der Waals surface area contributed by atoms with Gasteiger partial charge in [0.2, 0.25) is 0 Å². The molecule has 2 amide bonds. The molecule has 0 heterocycles. The predicted octanol–water partition coefficient (Wildman–Crippen LogP) is 4.68. The van der Waals surface area contributed by atoms with Crippen molar-refractivity contribution in [3.05, 3.63) is 66.2 Å². The van der Waals surface area contributed by atoms with E-state index in [4.69, 9.17) is 4.74 Å². The number of hydrogen-bond acceptors (Lipinski definition) is 2. The first kappa shape index (κ1) is 15.6. The van der Waals surface area contributed by atoms with Crippen LogP contribution in [0.1, 0.15) is 13.8 Å². The normalized spacial score (nSPS) is 9.73. The standard InChI is InChI=1S/C18H20N2O2/c1-14(2)12-13-22-17-10-8-16(9-11-17)20-18(21)19-15-6-4-3-5-7-15/h3-12H,13H2,1-2H3,(H2,19,20,21). The van der Waals surface area contributed by atoms with Crippen molar-refractivity contribution in [2.45, 2.75) is 13.8 Å². The third-order valence-electron chi connectivity index (χ3n) is 2.89. The maximum atomic E-state index is 11.9. The Labute approximate surface area is 130 Å². The fourth-order valence-electron chi connectivity index (χ4n) is 1.75. The third-order valence-corrected chi connectivity index (χ3v) is 2.89. The van der Waals surface area contributed by atoms with Crippen molar-refractivity contribution in [3.8, 4) is 5.75 Å². The first-order chi connectivity index (χ1) is 10.6. The number of anilines is 2. The van der Waals surface area contributed by atoms with E-state index in [0.29, 0.717) is 12.3 Å². The number of ether oxygens (including phenoxy) is 1. The molecule has 22 heavy (non-hydrogen) atoms. The molecule has 2 N–H and O–H groups in total. The Morgan fingerprint density at radius 3 is 2.14 bits per heavy atom. The van der Waals surface area contributed by atoms with Crippen LogP contribution in [0, 0.1) is 0 Å². The number of rotatable bonds is 5. The molecule has 4 nitrogen and oxygen atoms in total. The molecule has 114 valence electrons. The van der Waals surface area contributed by atoms with E-state index in [1.54, 1.807) is 0 Å². The Kier molecular flexibility index (Phi) is 5.60. The topological polar surface area (TPSA) is 50.4 Å². The number of carbonyl (C=O) groups excluding carboxylic acids is 1. The van der Waals surface area contributed by atoms with Gasteiger partial charge in [-0.1, -0.05) is 23.8 Å². The minimum atomic E-state index is -0.274. The second kappa shape index (κ2) is 7.88. The monoisotopic (exact) mass is 296 g/mol. The number of allylic oxidation sites excluding steroid dienone is 1. The van der Waals surface area contributed by atoms with Gasteiger partial charge < -0.3 is 15.4 Å². The van der Waals surface area contributed by atoms with E-state index in [1.165, 1.54) is 5.57 Å².